The lowest BCUT2D eigenvalue weighted by Gasteiger charge is -2.23. The molecule has 0 saturated carbocycles. The zero-order valence-corrected chi connectivity index (χ0v) is 25.6. The van der Waals surface area contributed by atoms with E-state index in [-0.39, 0.29) is 11.8 Å². The largest absolute Gasteiger partial charge is 0.461 e. The van der Waals surface area contributed by atoms with Gasteiger partial charge in [0.25, 0.3) is 0 Å². The monoisotopic (exact) mass is 618 g/mol. The van der Waals surface area contributed by atoms with Crippen molar-refractivity contribution in [1.29, 1.82) is 0 Å². The van der Waals surface area contributed by atoms with Crippen LogP contribution in [0.3, 0.4) is 0 Å². The Morgan fingerprint density at radius 3 is 2.40 bits per heavy atom. The van der Waals surface area contributed by atoms with E-state index in [9.17, 15) is 0 Å². The second-order valence-corrected chi connectivity index (χ2v) is 12.2. The molecule has 6 nitrogen and oxygen atoms in total. The minimum absolute atomic E-state index is 0.0343. The molecule has 5 aromatic carbocycles. The summed E-state index contributed by atoms with van der Waals surface area (Å²) in [6.07, 6.45) is 8.02. The second-order valence-electron chi connectivity index (χ2n) is 12.2. The number of pyridine rings is 1. The summed E-state index contributed by atoms with van der Waals surface area (Å²) in [4.78, 5) is 20.2. The van der Waals surface area contributed by atoms with Gasteiger partial charge in [0, 0.05) is 33.7 Å². The van der Waals surface area contributed by atoms with Crippen LogP contribution in [0.2, 0.25) is 0 Å². The Balaban J connectivity index is 1.23. The maximum absolute atomic E-state index is 6.40. The molecule has 2 unspecified atom stereocenters. The first-order valence-corrected chi connectivity index (χ1v) is 16.0. The fourth-order valence-corrected chi connectivity index (χ4v) is 7.13. The summed E-state index contributed by atoms with van der Waals surface area (Å²) in [5, 5.41) is 4.20. The van der Waals surface area contributed by atoms with Crippen LogP contribution in [0.25, 0.3) is 66.7 Å². The maximum atomic E-state index is 6.40. The van der Waals surface area contributed by atoms with Crippen LogP contribution in [-0.2, 0) is 0 Å². The van der Waals surface area contributed by atoms with Crippen LogP contribution in [0, 0.1) is 0 Å². The van der Waals surface area contributed by atoms with E-state index in [0.29, 0.717) is 23.2 Å². The summed E-state index contributed by atoms with van der Waals surface area (Å²) < 4.78 is 12.7. The number of para-hydroxylation sites is 1. The SMILES string of the molecule is C1=CC(c2nc(-c3ccccc3)nc(-c3cc(-c4ccc5ccccc5c4)cc4oc5ncccc5c34)n2)C2C(=C1)Oc1ccccc12. The van der Waals surface area contributed by atoms with Crippen molar-refractivity contribution in [2.75, 3.05) is 0 Å². The number of rotatable bonds is 4. The summed E-state index contributed by atoms with van der Waals surface area (Å²) in [6.45, 7) is 0. The molecule has 0 spiro atoms. The molecular weight excluding hydrogens is 592 g/mol. The van der Waals surface area contributed by atoms with Gasteiger partial charge in [0.15, 0.2) is 11.6 Å². The number of nitrogens with zero attached hydrogens (tertiary/aromatic N) is 4. The van der Waals surface area contributed by atoms with Gasteiger partial charge < -0.3 is 9.15 Å². The quantitative estimate of drug-likeness (QED) is 0.195. The topological polar surface area (TPSA) is 73.9 Å². The highest BCUT2D eigenvalue weighted by Crippen LogP contribution is 2.50. The highest BCUT2D eigenvalue weighted by atomic mass is 16.5. The number of ether oxygens (including phenoxy) is 1. The zero-order chi connectivity index (χ0) is 31.6. The van der Waals surface area contributed by atoms with E-state index in [1.165, 1.54) is 10.8 Å². The van der Waals surface area contributed by atoms with E-state index >= 15 is 0 Å². The van der Waals surface area contributed by atoms with Crippen LogP contribution in [0.1, 0.15) is 23.2 Å². The molecule has 0 bridgehead atoms. The van der Waals surface area contributed by atoms with Crippen molar-refractivity contribution >= 4 is 32.8 Å². The molecule has 0 radical (unpaired) electrons. The van der Waals surface area contributed by atoms with Gasteiger partial charge in [-0.05, 0) is 64.4 Å². The summed E-state index contributed by atoms with van der Waals surface area (Å²) in [6, 6.07) is 41.5. The van der Waals surface area contributed by atoms with Crippen molar-refractivity contribution in [2.24, 2.45) is 0 Å². The van der Waals surface area contributed by atoms with Crippen molar-refractivity contribution in [2.45, 2.75) is 11.8 Å². The Kier molecular flexibility index (Phi) is 5.90. The highest BCUT2D eigenvalue weighted by Gasteiger charge is 2.38. The first-order chi connectivity index (χ1) is 23.8. The lowest BCUT2D eigenvalue weighted by molar-refractivity contribution is 0.414. The smallest absolute Gasteiger partial charge is 0.227 e. The Bertz CT molecular complexity index is 2620. The predicted molar refractivity (Wildman–Crippen MR) is 188 cm³/mol. The van der Waals surface area contributed by atoms with Crippen molar-refractivity contribution in [3.05, 3.63) is 163 Å². The van der Waals surface area contributed by atoms with Gasteiger partial charge >= 0.3 is 0 Å². The van der Waals surface area contributed by atoms with Crippen LogP contribution < -0.4 is 4.74 Å². The van der Waals surface area contributed by atoms with E-state index in [2.05, 4.69) is 77.8 Å². The van der Waals surface area contributed by atoms with Crippen LogP contribution in [0.4, 0.5) is 0 Å². The van der Waals surface area contributed by atoms with Crippen molar-refractivity contribution in [3.8, 4) is 39.7 Å². The van der Waals surface area contributed by atoms with E-state index in [0.717, 1.165) is 55.7 Å². The normalized spacial score (nSPS) is 16.5. The molecule has 3 aromatic heterocycles. The molecular formula is C42H26N4O2. The molecule has 8 aromatic rings. The van der Waals surface area contributed by atoms with Crippen LogP contribution in [0.5, 0.6) is 5.75 Å². The van der Waals surface area contributed by atoms with Crippen molar-refractivity contribution in [3.63, 3.8) is 0 Å². The van der Waals surface area contributed by atoms with Gasteiger partial charge in [0.2, 0.25) is 5.71 Å². The summed E-state index contributed by atoms with van der Waals surface area (Å²) in [5.41, 5.74) is 6.30. The van der Waals surface area contributed by atoms with Crippen LogP contribution >= 0.6 is 0 Å². The molecule has 2 atom stereocenters. The van der Waals surface area contributed by atoms with Gasteiger partial charge in [-0.15, -0.1) is 0 Å². The van der Waals surface area contributed by atoms with E-state index in [4.69, 9.17) is 24.1 Å². The average Bonchev–Trinajstić information content (AvgIpc) is 3.73. The Morgan fingerprint density at radius 2 is 1.46 bits per heavy atom. The number of aromatic nitrogens is 4. The molecule has 6 heteroatoms. The minimum atomic E-state index is -0.153. The lowest BCUT2D eigenvalue weighted by Crippen LogP contribution is -2.16. The zero-order valence-electron chi connectivity index (χ0n) is 25.6. The van der Waals surface area contributed by atoms with Crippen LogP contribution in [-0.4, -0.2) is 19.9 Å². The maximum Gasteiger partial charge on any atom is 0.227 e. The second kappa shape index (κ2) is 10.6. The van der Waals surface area contributed by atoms with E-state index in [1.54, 1.807) is 6.20 Å². The summed E-state index contributed by atoms with van der Waals surface area (Å²) in [5.74, 6) is 3.47. The Hall–Kier alpha value is -6.40. The van der Waals surface area contributed by atoms with Gasteiger partial charge in [0.05, 0.1) is 11.8 Å². The molecule has 10 rings (SSSR count). The molecule has 0 N–H and O–H groups in total. The summed E-state index contributed by atoms with van der Waals surface area (Å²) in [7, 11) is 0. The predicted octanol–water partition coefficient (Wildman–Crippen LogP) is 10.0. The number of fused-ring (bicyclic) bond motifs is 7. The average molecular weight is 619 g/mol. The molecule has 2 aliphatic rings. The van der Waals surface area contributed by atoms with Crippen molar-refractivity contribution < 1.29 is 9.15 Å². The summed E-state index contributed by atoms with van der Waals surface area (Å²) >= 11 is 0. The van der Waals surface area contributed by atoms with Gasteiger partial charge in [-0.25, -0.2) is 19.9 Å². The van der Waals surface area contributed by atoms with Crippen LogP contribution in [0.15, 0.2) is 156 Å². The van der Waals surface area contributed by atoms with Gasteiger partial charge in [0.1, 0.15) is 22.9 Å². The molecule has 226 valence electrons. The third-order valence-corrected chi connectivity index (χ3v) is 9.38. The number of hydrogen-bond donors (Lipinski definition) is 0. The number of benzene rings is 5. The number of furan rings is 1. The Labute approximate surface area is 275 Å². The molecule has 48 heavy (non-hydrogen) atoms. The standard InChI is InChI=1S/C42H26N4O2/c1-2-11-26(12-3-1)39-44-40(31-15-8-18-35-37(31)30-14-6-7-17-34(30)47-35)46-41(45-39)33-23-29(28-20-19-25-10-4-5-13-27(25)22-28)24-36-38(33)32-16-9-21-43-42(32)48-36/h1-24,31,37H. The number of allylic oxidation sites excluding steroid dienone is 4. The van der Waals surface area contributed by atoms with E-state index < -0.39 is 0 Å². The molecule has 4 heterocycles. The first kappa shape index (κ1) is 26.8. The molecule has 0 fully saturated rings. The van der Waals surface area contributed by atoms with E-state index in [1.807, 2.05) is 66.7 Å². The van der Waals surface area contributed by atoms with Gasteiger partial charge in [-0.1, -0.05) is 97.1 Å². The molecule has 0 saturated heterocycles. The minimum Gasteiger partial charge on any atom is -0.461 e. The Morgan fingerprint density at radius 1 is 0.625 bits per heavy atom. The highest BCUT2D eigenvalue weighted by molar-refractivity contribution is 6.12. The lowest BCUT2D eigenvalue weighted by atomic mass is 9.82. The fraction of sp³-hybridized carbons (Fsp3) is 0.0476. The molecule has 0 amide bonds. The number of hydrogen-bond acceptors (Lipinski definition) is 6. The first-order valence-electron chi connectivity index (χ1n) is 16.0. The van der Waals surface area contributed by atoms with Gasteiger partial charge in [-0.2, -0.15) is 0 Å². The third kappa shape index (κ3) is 4.27. The van der Waals surface area contributed by atoms with Crippen molar-refractivity contribution in [1.82, 2.24) is 19.9 Å². The molecule has 1 aliphatic heterocycles. The van der Waals surface area contributed by atoms with Gasteiger partial charge in [-0.3, -0.25) is 0 Å². The fourth-order valence-electron chi connectivity index (χ4n) is 7.13. The third-order valence-electron chi connectivity index (χ3n) is 9.38. The molecule has 1 aliphatic carbocycles.